The summed E-state index contributed by atoms with van der Waals surface area (Å²) in [6.45, 7) is 6.14. The average molecular weight is 534 g/mol. The van der Waals surface area contributed by atoms with E-state index in [9.17, 15) is 23.3 Å². The molecule has 9 nitrogen and oxygen atoms in total. The van der Waals surface area contributed by atoms with E-state index in [1.54, 1.807) is 36.4 Å². The molecule has 0 N–H and O–H groups in total. The number of fused-ring (bicyclic) bond motifs is 7. The Balaban J connectivity index is 1.73. The average Bonchev–Trinajstić information content (AvgIpc) is 2.87. The van der Waals surface area contributed by atoms with Crippen molar-refractivity contribution in [3.05, 3.63) is 110 Å². The fourth-order valence-corrected chi connectivity index (χ4v) is 6.93. The molecule has 4 aromatic rings. The van der Waals surface area contributed by atoms with E-state index in [-0.39, 0.29) is 33.7 Å². The first-order valence-corrected chi connectivity index (χ1v) is 13.5. The predicted octanol–water partition coefficient (Wildman–Crippen LogP) is 5.36. The van der Waals surface area contributed by atoms with E-state index < -0.39 is 37.9 Å². The second-order valence-electron chi connectivity index (χ2n) is 10.5. The maximum atomic E-state index is 13.6. The number of ether oxygens (including phenoxy) is 1. The lowest BCUT2D eigenvalue weighted by Crippen LogP contribution is -2.47. The van der Waals surface area contributed by atoms with E-state index in [1.807, 2.05) is 32.9 Å². The van der Waals surface area contributed by atoms with Gasteiger partial charge in [-0.15, -0.1) is 0 Å². The predicted molar refractivity (Wildman–Crippen MR) is 139 cm³/mol. The second-order valence-corrected chi connectivity index (χ2v) is 12.2. The fourth-order valence-electron chi connectivity index (χ4n) is 5.28. The van der Waals surface area contributed by atoms with Crippen molar-refractivity contribution >= 4 is 26.8 Å². The molecule has 194 valence electrons. The zero-order valence-electron chi connectivity index (χ0n) is 20.7. The van der Waals surface area contributed by atoms with Crippen LogP contribution in [0.15, 0.2) is 75.9 Å². The third-order valence-corrected chi connectivity index (χ3v) is 8.74. The lowest BCUT2D eigenvalue weighted by Gasteiger charge is -2.41. The fraction of sp³-hybridized carbons (Fsp3) is 0.250. The molecule has 2 aliphatic rings. The Hall–Kier alpha value is -4.18. The molecule has 38 heavy (non-hydrogen) atoms. The highest BCUT2D eigenvalue weighted by Gasteiger charge is 2.55. The molecule has 3 atom stereocenters. The smallest absolute Gasteiger partial charge is 0.343 e. The van der Waals surface area contributed by atoms with Gasteiger partial charge in [0.2, 0.25) is 0 Å². The van der Waals surface area contributed by atoms with E-state index in [1.165, 1.54) is 18.2 Å². The van der Waals surface area contributed by atoms with Crippen molar-refractivity contribution in [2.45, 2.75) is 43.5 Å². The topological polar surface area (TPSA) is 126 Å². The van der Waals surface area contributed by atoms with Crippen LogP contribution in [0.4, 0.5) is 5.69 Å². The first-order chi connectivity index (χ1) is 18.0. The maximum Gasteiger partial charge on any atom is 0.343 e. The Labute approximate surface area is 217 Å². The van der Waals surface area contributed by atoms with E-state index in [4.69, 9.17) is 13.3 Å². The molecule has 1 aromatic heterocycles. The second kappa shape index (κ2) is 8.16. The Morgan fingerprint density at radius 1 is 0.974 bits per heavy atom. The number of non-ortho nitro benzene ring substituents is 1. The summed E-state index contributed by atoms with van der Waals surface area (Å²) in [5.74, 6) is -0.997. The van der Waals surface area contributed by atoms with Crippen molar-refractivity contribution in [1.82, 2.24) is 0 Å². The zero-order chi connectivity index (χ0) is 27.0. The minimum atomic E-state index is -4.35. The third-order valence-electron chi connectivity index (χ3n) is 7.15. The largest absolute Gasteiger partial charge is 0.483 e. The number of nitro benzene ring substituents is 1. The summed E-state index contributed by atoms with van der Waals surface area (Å²) in [7, 11) is -4.35. The molecule has 6 rings (SSSR count). The molecule has 0 saturated heterocycles. The van der Waals surface area contributed by atoms with Crippen LogP contribution in [0.2, 0.25) is 0 Å². The zero-order valence-corrected chi connectivity index (χ0v) is 21.5. The highest BCUT2D eigenvalue weighted by atomic mass is 32.2. The van der Waals surface area contributed by atoms with Gasteiger partial charge in [0, 0.05) is 23.6 Å². The van der Waals surface area contributed by atoms with Gasteiger partial charge in [0.05, 0.1) is 15.9 Å². The summed E-state index contributed by atoms with van der Waals surface area (Å²) >= 11 is 0. The third kappa shape index (κ3) is 3.66. The molecule has 0 aliphatic carbocycles. The van der Waals surface area contributed by atoms with Gasteiger partial charge >= 0.3 is 15.7 Å². The van der Waals surface area contributed by atoms with Gasteiger partial charge in [0.25, 0.3) is 5.69 Å². The SMILES string of the molecule is CC(C)(C)c1ccc2oc(=O)c3c(c2c1)O[C@@H](c1ccccc1)[C@H]1[C@@H]3c2cc([N+](=O)[O-])ccc2OS1(=O)=O. The Morgan fingerprint density at radius 2 is 1.71 bits per heavy atom. The number of nitro groups is 1. The van der Waals surface area contributed by atoms with Crippen LogP contribution >= 0.6 is 0 Å². The van der Waals surface area contributed by atoms with Gasteiger partial charge in [-0.1, -0.05) is 57.2 Å². The lowest BCUT2D eigenvalue weighted by molar-refractivity contribution is -0.385. The Morgan fingerprint density at radius 3 is 2.39 bits per heavy atom. The number of nitrogens with zero attached hydrogens (tertiary/aromatic N) is 1. The van der Waals surface area contributed by atoms with Crippen molar-refractivity contribution in [3.63, 3.8) is 0 Å². The molecule has 0 bridgehead atoms. The van der Waals surface area contributed by atoms with Crippen molar-refractivity contribution in [2.75, 3.05) is 0 Å². The van der Waals surface area contributed by atoms with Crippen LogP contribution in [0, 0.1) is 10.1 Å². The number of rotatable bonds is 2. The molecular weight excluding hydrogens is 510 g/mol. The minimum absolute atomic E-state index is 0.00522. The summed E-state index contributed by atoms with van der Waals surface area (Å²) in [4.78, 5) is 24.5. The highest BCUT2D eigenvalue weighted by molar-refractivity contribution is 7.87. The Bertz CT molecular complexity index is 1790. The summed E-state index contributed by atoms with van der Waals surface area (Å²) in [6.07, 6.45) is -1.06. The standard InChI is InChI=1S/C28H23NO8S/c1-28(2,3)16-9-11-20-19(13-16)25-23(27(30)35-20)22-18-14-17(29(31)32)10-12-21(18)37-38(33,34)26(22)24(36-25)15-7-5-4-6-8-15/h4-14,22,24,26H,1-3H3/t22-,24+,26-/m1/s1. The number of hydrogen-bond donors (Lipinski definition) is 0. The molecule has 0 fully saturated rings. The quantitative estimate of drug-likeness (QED) is 0.146. The van der Waals surface area contributed by atoms with Crippen molar-refractivity contribution in [1.29, 1.82) is 0 Å². The molecule has 0 saturated carbocycles. The van der Waals surface area contributed by atoms with Gasteiger partial charge in [0.1, 0.15) is 28.4 Å². The molecule has 10 heteroatoms. The van der Waals surface area contributed by atoms with E-state index >= 15 is 0 Å². The molecule has 0 amide bonds. The van der Waals surface area contributed by atoms with Crippen LogP contribution in [0.1, 0.15) is 55.0 Å². The normalized spacial score (nSPS) is 21.4. The van der Waals surface area contributed by atoms with E-state index in [2.05, 4.69) is 0 Å². The summed E-state index contributed by atoms with van der Waals surface area (Å²) in [6, 6.07) is 17.9. The molecule has 0 unspecified atom stereocenters. The van der Waals surface area contributed by atoms with Gasteiger partial charge in [-0.3, -0.25) is 10.1 Å². The lowest BCUT2D eigenvalue weighted by atomic mass is 9.81. The van der Waals surface area contributed by atoms with E-state index in [0.717, 1.165) is 5.56 Å². The summed E-state index contributed by atoms with van der Waals surface area (Å²) < 4.78 is 44.7. The van der Waals surface area contributed by atoms with Crippen LogP contribution in [0.25, 0.3) is 11.0 Å². The van der Waals surface area contributed by atoms with Crippen molar-refractivity contribution in [3.8, 4) is 11.5 Å². The van der Waals surface area contributed by atoms with Gasteiger partial charge in [-0.25, -0.2) is 4.79 Å². The summed E-state index contributed by atoms with van der Waals surface area (Å²) in [5.41, 5.74) is 0.754. The van der Waals surface area contributed by atoms with Crippen molar-refractivity contribution < 1.29 is 26.7 Å². The van der Waals surface area contributed by atoms with Gasteiger partial charge < -0.3 is 13.3 Å². The van der Waals surface area contributed by atoms with Gasteiger partial charge in [0.15, 0.2) is 0 Å². The van der Waals surface area contributed by atoms with Crippen LogP contribution in [-0.2, 0) is 15.5 Å². The summed E-state index contributed by atoms with van der Waals surface area (Å²) in [5, 5.41) is 10.7. The van der Waals surface area contributed by atoms with Crippen LogP contribution in [0.3, 0.4) is 0 Å². The monoisotopic (exact) mass is 533 g/mol. The first kappa shape index (κ1) is 24.2. The first-order valence-electron chi connectivity index (χ1n) is 12.0. The van der Waals surface area contributed by atoms with Crippen LogP contribution < -0.4 is 14.5 Å². The van der Waals surface area contributed by atoms with E-state index in [0.29, 0.717) is 16.5 Å². The molecule has 2 aliphatic heterocycles. The molecule has 3 heterocycles. The van der Waals surface area contributed by atoms with Crippen molar-refractivity contribution in [2.24, 2.45) is 0 Å². The number of benzene rings is 3. The maximum absolute atomic E-state index is 13.6. The number of hydrogen-bond acceptors (Lipinski definition) is 8. The Kier molecular flexibility index (Phi) is 5.19. The molecule has 0 spiro atoms. The molecule has 3 aromatic carbocycles. The minimum Gasteiger partial charge on any atom is -0.483 e. The molecular formula is C28H23NO8S. The molecule has 0 radical (unpaired) electrons. The van der Waals surface area contributed by atoms with Crippen LogP contribution in [0.5, 0.6) is 11.5 Å². The highest BCUT2D eigenvalue weighted by Crippen LogP contribution is 2.54. The van der Waals surface area contributed by atoms with Gasteiger partial charge in [-0.05, 0) is 34.7 Å². The van der Waals surface area contributed by atoms with Gasteiger partial charge in [-0.2, -0.15) is 8.42 Å². The van der Waals surface area contributed by atoms with Crippen LogP contribution in [-0.4, -0.2) is 18.6 Å².